The summed E-state index contributed by atoms with van der Waals surface area (Å²) in [6.45, 7) is 5.84. The van der Waals surface area contributed by atoms with Crippen molar-refractivity contribution in [1.82, 2.24) is 10.2 Å². The van der Waals surface area contributed by atoms with Crippen LogP contribution in [-0.2, 0) is 16.0 Å². The highest BCUT2D eigenvalue weighted by atomic mass is 19.1. The molecule has 2 aromatic carbocycles. The molecule has 29 heavy (non-hydrogen) atoms. The maximum Gasteiger partial charge on any atom is 0.261 e. The molecule has 0 heterocycles. The van der Waals surface area contributed by atoms with Crippen molar-refractivity contribution in [2.75, 3.05) is 13.2 Å². The van der Waals surface area contributed by atoms with Crippen molar-refractivity contribution in [3.8, 4) is 5.75 Å². The molecule has 0 radical (unpaired) electrons. The van der Waals surface area contributed by atoms with Crippen LogP contribution in [-0.4, -0.2) is 41.9 Å². The third-order valence-corrected chi connectivity index (χ3v) is 4.48. The molecule has 0 spiro atoms. The first-order valence-electron chi connectivity index (χ1n) is 9.92. The van der Waals surface area contributed by atoms with Gasteiger partial charge in [0.15, 0.2) is 6.61 Å². The summed E-state index contributed by atoms with van der Waals surface area (Å²) in [4.78, 5) is 27.2. The molecule has 156 valence electrons. The summed E-state index contributed by atoms with van der Waals surface area (Å²) in [6.07, 6.45) is 1.13. The second kappa shape index (κ2) is 11.2. The van der Waals surface area contributed by atoms with Gasteiger partial charge in [-0.15, -0.1) is 0 Å². The maximum absolute atomic E-state index is 13.0. The smallest absolute Gasteiger partial charge is 0.261 e. The molecule has 1 N–H and O–H groups in total. The van der Waals surface area contributed by atoms with E-state index in [4.69, 9.17) is 4.74 Å². The Morgan fingerprint density at radius 3 is 2.31 bits per heavy atom. The van der Waals surface area contributed by atoms with Crippen molar-refractivity contribution >= 4 is 11.8 Å². The average Bonchev–Trinajstić information content (AvgIpc) is 2.70. The van der Waals surface area contributed by atoms with Crippen molar-refractivity contribution in [3.63, 3.8) is 0 Å². The van der Waals surface area contributed by atoms with Crippen molar-refractivity contribution in [2.24, 2.45) is 0 Å². The lowest BCUT2D eigenvalue weighted by Gasteiger charge is -2.31. The van der Waals surface area contributed by atoms with Gasteiger partial charge in [0.05, 0.1) is 0 Å². The standard InChI is InChI=1S/C23H29FN2O3/c1-4-21(23(28)25-17(2)3)26(15-14-18-8-6-5-7-9-18)22(27)16-29-20-12-10-19(24)11-13-20/h5-13,17,21H,4,14-16H2,1-3H3,(H,25,28). The summed E-state index contributed by atoms with van der Waals surface area (Å²) in [5.41, 5.74) is 1.09. The van der Waals surface area contributed by atoms with Crippen LogP contribution in [0, 0.1) is 5.82 Å². The first kappa shape index (κ1) is 22.4. The van der Waals surface area contributed by atoms with Gasteiger partial charge in [0.25, 0.3) is 5.91 Å². The lowest BCUT2D eigenvalue weighted by atomic mass is 10.1. The third kappa shape index (κ3) is 7.22. The number of benzene rings is 2. The first-order valence-corrected chi connectivity index (χ1v) is 9.92. The molecule has 0 saturated heterocycles. The zero-order chi connectivity index (χ0) is 21.2. The van der Waals surface area contributed by atoms with Crippen molar-refractivity contribution in [3.05, 3.63) is 66.0 Å². The number of hydrogen-bond donors (Lipinski definition) is 1. The van der Waals surface area contributed by atoms with Gasteiger partial charge in [0, 0.05) is 12.6 Å². The second-order valence-corrected chi connectivity index (χ2v) is 7.15. The van der Waals surface area contributed by atoms with Gasteiger partial charge < -0.3 is 15.0 Å². The van der Waals surface area contributed by atoms with E-state index < -0.39 is 6.04 Å². The van der Waals surface area contributed by atoms with E-state index in [9.17, 15) is 14.0 Å². The van der Waals surface area contributed by atoms with Gasteiger partial charge in [-0.2, -0.15) is 0 Å². The normalized spacial score (nSPS) is 11.8. The largest absolute Gasteiger partial charge is 0.484 e. The molecule has 0 aliphatic heterocycles. The van der Waals surface area contributed by atoms with E-state index >= 15 is 0 Å². The molecular formula is C23H29FN2O3. The van der Waals surface area contributed by atoms with Crippen LogP contribution in [0.4, 0.5) is 4.39 Å². The van der Waals surface area contributed by atoms with Crippen LogP contribution < -0.4 is 10.1 Å². The molecule has 2 aromatic rings. The molecule has 2 amide bonds. The average molecular weight is 400 g/mol. The van der Waals surface area contributed by atoms with E-state index in [1.165, 1.54) is 24.3 Å². The third-order valence-electron chi connectivity index (χ3n) is 4.48. The lowest BCUT2D eigenvalue weighted by Crippen LogP contribution is -2.52. The van der Waals surface area contributed by atoms with Crippen LogP contribution in [0.1, 0.15) is 32.8 Å². The highest BCUT2D eigenvalue weighted by Crippen LogP contribution is 2.13. The number of halogens is 1. The minimum absolute atomic E-state index is 0.0157. The van der Waals surface area contributed by atoms with Crippen molar-refractivity contribution in [1.29, 1.82) is 0 Å². The summed E-state index contributed by atoms with van der Waals surface area (Å²) < 4.78 is 18.6. The molecule has 1 unspecified atom stereocenters. The molecule has 0 fully saturated rings. The highest BCUT2D eigenvalue weighted by molar-refractivity contribution is 5.88. The minimum Gasteiger partial charge on any atom is -0.484 e. The van der Waals surface area contributed by atoms with Gasteiger partial charge in [-0.05, 0) is 56.5 Å². The summed E-state index contributed by atoms with van der Waals surface area (Å²) >= 11 is 0. The van der Waals surface area contributed by atoms with Crippen LogP contribution in [0.3, 0.4) is 0 Å². The molecule has 0 aromatic heterocycles. The molecule has 0 aliphatic rings. The van der Waals surface area contributed by atoms with Gasteiger partial charge >= 0.3 is 0 Å². The number of rotatable bonds is 10. The van der Waals surface area contributed by atoms with Crippen LogP contribution in [0.2, 0.25) is 0 Å². The zero-order valence-corrected chi connectivity index (χ0v) is 17.2. The van der Waals surface area contributed by atoms with Crippen molar-refractivity contribution < 1.29 is 18.7 Å². The van der Waals surface area contributed by atoms with E-state index in [1.807, 2.05) is 51.1 Å². The number of hydrogen-bond acceptors (Lipinski definition) is 3. The van der Waals surface area contributed by atoms with Gasteiger partial charge in [-0.3, -0.25) is 9.59 Å². The topological polar surface area (TPSA) is 58.6 Å². The van der Waals surface area contributed by atoms with Crippen LogP contribution in [0.15, 0.2) is 54.6 Å². The molecule has 1 atom stereocenters. The van der Waals surface area contributed by atoms with Gasteiger partial charge in [-0.1, -0.05) is 37.3 Å². The van der Waals surface area contributed by atoms with Gasteiger partial charge in [0.1, 0.15) is 17.6 Å². The van der Waals surface area contributed by atoms with Crippen LogP contribution in [0.5, 0.6) is 5.75 Å². The lowest BCUT2D eigenvalue weighted by molar-refractivity contribution is -0.142. The van der Waals surface area contributed by atoms with Gasteiger partial charge in [0.2, 0.25) is 5.91 Å². The summed E-state index contributed by atoms with van der Waals surface area (Å²) in [6, 6.07) is 14.7. The molecule has 6 heteroatoms. The SMILES string of the molecule is CCC(C(=O)NC(C)C)N(CCc1ccccc1)C(=O)COc1ccc(F)cc1. The Kier molecular flexibility index (Phi) is 8.65. The number of nitrogens with zero attached hydrogens (tertiary/aromatic N) is 1. The Labute approximate surface area is 171 Å². The Morgan fingerprint density at radius 2 is 1.72 bits per heavy atom. The number of carbonyl (C=O) groups excluding carboxylic acids is 2. The second-order valence-electron chi connectivity index (χ2n) is 7.15. The molecule has 2 rings (SSSR count). The first-order chi connectivity index (χ1) is 13.9. The fraction of sp³-hybridized carbons (Fsp3) is 0.391. The quantitative estimate of drug-likeness (QED) is 0.663. The number of carbonyl (C=O) groups is 2. The van der Waals surface area contributed by atoms with Crippen LogP contribution >= 0.6 is 0 Å². The Bertz CT molecular complexity index is 778. The fourth-order valence-electron chi connectivity index (χ4n) is 3.04. The maximum atomic E-state index is 13.0. The minimum atomic E-state index is -0.578. The predicted molar refractivity (Wildman–Crippen MR) is 111 cm³/mol. The monoisotopic (exact) mass is 400 g/mol. The Morgan fingerprint density at radius 1 is 1.07 bits per heavy atom. The zero-order valence-electron chi connectivity index (χ0n) is 17.2. The van der Waals surface area contributed by atoms with E-state index in [1.54, 1.807) is 4.90 Å². The predicted octanol–water partition coefficient (Wildman–Crippen LogP) is 3.58. The van der Waals surface area contributed by atoms with Crippen LogP contribution in [0.25, 0.3) is 0 Å². The van der Waals surface area contributed by atoms with E-state index in [0.717, 1.165) is 5.56 Å². The van der Waals surface area contributed by atoms with E-state index in [-0.39, 0.29) is 30.3 Å². The number of nitrogens with one attached hydrogen (secondary N) is 1. The molecular weight excluding hydrogens is 371 g/mol. The number of ether oxygens (including phenoxy) is 1. The highest BCUT2D eigenvalue weighted by Gasteiger charge is 2.28. The molecule has 0 aliphatic carbocycles. The number of amides is 2. The summed E-state index contributed by atoms with van der Waals surface area (Å²) in [5.74, 6) is -0.422. The van der Waals surface area contributed by atoms with E-state index in [0.29, 0.717) is 25.1 Å². The molecule has 0 saturated carbocycles. The summed E-state index contributed by atoms with van der Waals surface area (Å²) in [5, 5.41) is 2.89. The van der Waals surface area contributed by atoms with Crippen molar-refractivity contribution in [2.45, 2.75) is 45.7 Å². The molecule has 0 bridgehead atoms. The Hall–Kier alpha value is -2.89. The fourth-order valence-corrected chi connectivity index (χ4v) is 3.04. The van der Waals surface area contributed by atoms with Gasteiger partial charge in [-0.25, -0.2) is 4.39 Å². The van der Waals surface area contributed by atoms with E-state index in [2.05, 4.69) is 5.32 Å². The molecule has 5 nitrogen and oxygen atoms in total. The summed E-state index contributed by atoms with van der Waals surface area (Å²) in [7, 11) is 0. The Balaban J connectivity index is 2.11.